The zero-order valence-electron chi connectivity index (χ0n) is 11.5. The van der Waals surface area contributed by atoms with Gasteiger partial charge in [0.05, 0.1) is 6.61 Å². The number of aliphatic hydroxyl groups is 1. The number of benzene rings is 1. The number of halogens is 3. The van der Waals surface area contributed by atoms with Crippen LogP contribution in [0.4, 0.5) is 13.6 Å². The van der Waals surface area contributed by atoms with Crippen molar-refractivity contribution in [2.75, 3.05) is 19.7 Å². The first-order valence-corrected chi connectivity index (χ1v) is 6.72. The molecule has 8 heteroatoms. The third-order valence-electron chi connectivity index (χ3n) is 2.71. The number of hydrogen-bond acceptors (Lipinski definition) is 3. The van der Waals surface area contributed by atoms with Crippen LogP contribution in [0.2, 0.25) is 5.02 Å². The number of hydrogen-bond donors (Lipinski definition) is 2. The average Bonchev–Trinajstić information content (AvgIpc) is 2.44. The third kappa shape index (κ3) is 5.73. The molecule has 1 aromatic carbocycles. The first-order valence-electron chi connectivity index (χ1n) is 6.34. The second-order valence-electron chi connectivity index (χ2n) is 4.09. The summed E-state index contributed by atoms with van der Waals surface area (Å²) in [4.78, 5) is 13.2. The highest BCUT2D eigenvalue weighted by Crippen LogP contribution is 2.24. The fourth-order valence-corrected chi connectivity index (χ4v) is 1.90. The zero-order valence-corrected chi connectivity index (χ0v) is 12.2. The molecule has 0 saturated carbocycles. The molecule has 0 bridgehead atoms. The van der Waals surface area contributed by atoms with E-state index >= 15 is 0 Å². The molecule has 0 unspecified atom stereocenters. The Labute approximate surface area is 126 Å². The Morgan fingerprint density at radius 3 is 2.81 bits per heavy atom. The van der Waals surface area contributed by atoms with Crippen molar-refractivity contribution in [3.05, 3.63) is 28.8 Å². The summed E-state index contributed by atoms with van der Waals surface area (Å²) in [5.74, 6) is -0.0418. The Bertz CT molecular complexity index is 475. The summed E-state index contributed by atoms with van der Waals surface area (Å²) in [6.45, 7) is -0.746. The van der Waals surface area contributed by atoms with Gasteiger partial charge in [-0.3, -0.25) is 0 Å². The smallest absolute Gasteiger partial charge is 0.387 e. The second-order valence-corrected chi connectivity index (χ2v) is 4.53. The lowest BCUT2D eigenvalue weighted by molar-refractivity contribution is -0.0504. The molecule has 1 rings (SSSR count). The molecule has 0 atom stereocenters. The number of nitrogens with one attached hydrogen (secondary N) is 1. The van der Waals surface area contributed by atoms with Crippen molar-refractivity contribution >= 4 is 17.6 Å². The summed E-state index contributed by atoms with van der Waals surface area (Å²) in [7, 11) is 0. The van der Waals surface area contributed by atoms with Crippen molar-refractivity contribution in [1.82, 2.24) is 10.2 Å². The number of carbonyl (C=O) groups is 1. The van der Waals surface area contributed by atoms with Crippen LogP contribution in [0.1, 0.15) is 12.5 Å². The molecule has 21 heavy (non-hydrogen) atoms. The summed E-state index contributed by atoms with van der Waals surface area (Å²) < 4.78 is 29.0. The molecule has 2 amide bonds. The van der Waals surface area contributed by atoms with Crippen LogP contribution in [0.15, 0.2) is 18.2 Å². The normalized spacial score (nSPS) is 10.6. The highest BCUT2D eigenvalue weighted by molar-refractivity contribution is 6.30. The number of alkyl halides is 2. The summed E-state index contributed by atoms with van der Waals surface area (Å²) in [6, 6.07) is 3.78. The highest BCUT2D eigenvalue weighted by atomic mass is 35.5. The van der Waals surface area contributed by atoms with Crippen LogP contribution in [-0.2, 0) is 6.54 Å². The maximum Gasteiger partial charge on any atom is 0.387 e. The molecule has 0 radical (unpaired) electrons. The maximum absolute atomic E-state index is 12.3. The number of urea groups is 1. The number of nitrogens with zero attached hydrogens (tertiary/aromatic N) is 1. The molecular formula is C13H17ClF2N2O3. The number of ether oxygens (including phenoxy) is 1. The number of aliphatic hydroxyl groups excluding tert-OH is 1. The lowest BCUT2D eigenvalue weighted by Gasteiger charge is -2.20. The number of amides is 2. The fraction of sp³-hybridized carbons (Fsp3) is 0.462. The van der Waals surface area contributed by atoms with Gasteiger partial charge in [-0.25, -0.2) is 4.79 Å². The molecule has 118 valence electrons. The van der Waals surface area contributed by atoms with E-state index in [0.717, 1.165) is 0 Å². The van der Waals surface area contributed by atoms with E-state index in [0.29, 0.717) is 17.1 Å². The van der Waals surface area contributed by atoms with Gasteiger partial charge in [0.1, 0.15) is 5.75 Å². The molecule has 0 heterocycles. The van der Waals surface area contributed by atoms with E-state index in [9.17, 15) is 13.6 Å². The molecule has 0 aliphatic heterocycles. The zero-order chi connectivity index (χ0) is 15.8. The predicted octanol–water partition coefficient (Wildman–Crippen LogP) is 2.47. The van der Waals surface area contributed by atoms with Crippen molar-refractivity contribution in [3.63, 3.8) is 0 Å². The van der Waals surface area contributed by atoms with Crippen molar-refractivity contribution in [1.29, 1.82) is 0 Å². The lowest BCUT2D eigenvalue weighted by Crippen LogP contribution is -2.41. The van der Waals surface area contributed by atoms with E-state index in [1.165, 1.54) is 23.1 Å². The molecule has 2 N–H and O–H groups in total. The van der Waals surface area contributed by atoms with E-state index in [1.54, 1.807) is 6.92 Å². The highest BCUT2D eigenvalue weighted by Gasteiger charge is 2.14. The molecule has 0 aromatic heterocycles. The van der Waals surface area contributed by atoms with Gasteiger partial charge < -0.3 is 20.1 Å². The molecular weight excluding hydrogens is 306 g/mol. The molecule has 5 nitrogen and oxygen atoms in total. The Morgan fingerprint density at radius 2 is 2.24 bits per heavy atom. The lowest BCUT2D eigenvalue weighted by atomic mass is 10.2. The topological polar surface area (TPSA) is 61.8 Å². The van der Waals surface area contributed by atoms with Crippen LogP contribution < -0.4 is 10.1 Å². The third-order valence-corrected chi connectivity index (χ3v) is 2.94. The van der Waals surface area contributed by atoms with E-state index in [2.05, 4.69) is 10.1 Å². The maximum atomic E-state index is 12.3. The fourth-order valence-electron chi connectivity index (χ4n) is 1.70. The van der Waals surface area contributed by atoms with Gasteiger partial charge in [0.15, 0.2) is 0 Å². The van der Waals surface area contributed by atoms with Crippen LogP contribution in [0.5, 0.6) is 5.75 Å². The number of rotatable bonds is 7. The van der Waals surface area contributed by atoms with E-state index in [-0.39, 0.29) is 25.4 Å². The van der Waals surface area contributed by atoms with Crippen LogP contribution in [-0.4, -0.2) is 42.3 Å². The largest absolute Gasteiger partial charge is 0.434 e. The number of carbonyl (C=O) groups excluding carboxylic acids is 1. The SMILES string of the molecule is CCN(CCO)C(=O)NCc1cc(Cl)ccc1OC(F)F. The first kappa shape index (κ1) is 17.5. The van der Waals surface area contributed by atoms with Crippen LogP contribution in [0.3, 0.4) is 0 Å². The Morgan fingerprint density at radius 1 is 1.52 bits per heavy atom. The summed E-state index contributed by atoms with van der Waals surface area (Å²) in [5.41, 5.74) is 0.344. The van der Waals surface area contributed by atoms with Gasteiger partial charge in [-0.1, -0.05) is 11.6 Å². The van der Waals surface area contributed by atoms with E-state index in [1.807, 2.05) is 0 Å². The van der Waals surface area contributed by atoms with Crippen molar-refractivity contribution < 1.29 is 23.4 Å². The van der Waals surface area contributed by atoms with Gasteiger partial charge in [0.25, 0.3) is 0 Å². The van der Waals surface area contributed by atoms with Gasteiger partial charge >= 0.3 is 12.6 Å². The Kier molecular flexibility index (Phi) is 7.18. The van der Waals surface area contributed by atoms with E-state index in [4.69, 9.17) is 16.7 Å². The average molecular weight is 323 g/mol. The Hall–Kier alpha value is -1.60. The van der Waals surface area contributed by atoms with Crippen LogP contribution in [0, 0.1) is 0 Å². The van der Waals surface area contributed by atoms with Gasteiger partial charge in [0, 0.05) is 30.2 Å². The van der Waals surface area contributed by atoms with Gasteiger partial charge in [-0.15, -0.1) is 0 Å². The summed E-state index contributed by atoms with van der Waals surface area (Å²) in [5, 5.41) is 11.8. The van der Waals surface area contributed by atoms with Gasteiger partial charge in [0.2, 0.25) is 0 Å². The van der Waals surface area contributed by atoms with E-state index < -0.39 is 12.6 Å². The molecule has 1 aromatic rings. The first-order chi connectivity index (χ1) is 9.97. The minimum absolute atomic E-state index is 0.0105. The van der Waals surface area contributed by atoms with Gasteiger partial charge in [-0.2, -0.15) is 8.78 Å². The van der Waals surface area contributed by atoms with Crippen molar-refractivity contribution in [3.8, 4) is 5.75 Å². The minimum Gasteiger partial charge on any atom is -0.434 e. The quantitative estimate of drug-likeness (QED) is 0.810. The minimum atomic E-state index is -2.96. The predicted molar refractivity (Wildman–Crippen MR) is 74.7 cm³/mol. The van der Waals surface area contributed by atoms with Crippen molar-refractivity contribution in [2.24, 2.45) is 0 Å². The second kappa shape index (κ2) is 8.63. The molecule has 0 spiro atoms. The molecule has 0 aliphatic carbocycles. The van der Waals surface area contributed by atoms with Gasteiger partial charge in [-0.05, 0) is 25.1 Å². The Balaban J connectivity index is 2.73. The standard InChI is InChI=1S/C13H17ClF2N2O3/c1-2-18(5-6-19)13(20)17-8-9-7-10(14)3-4-11(9)21-12(15)16/h3-4,7,12,19H,2,5-6,8H2,1H3,(H,17,20). The molecule has 0 fully saturated rings. The van der Waals surface area contributed by atoms with Crippen LogP contribution in [0.25, 0.3) is 0 Å². The molecule has 0 aliphatic rings. The monoisotopic (exact) mass is 322 g/mol. The molecule has 0 saturated heterocycles. The van der Waals surface area contributed by atoms with Crippen molar-refractivity contribution in [2.45, 2.75) is 20.1 Å². The summed E-state index contributed by atoms with van der Waals surface area (Å²) in [6.07, 6.45) is 0. The van der Waals surface area contributed by atoms with Crippen LogP contribution >= 0.6 is 11.6 Å². The summed E-state index contributed by atoms with van der Waals surface area (Å²) >= 11 is 5.81. The number of likely N-dealkylation sites (N-methyl/N-ethyl adjacent to an activating group) is 1.